The van der Waals surface area contributed by atoms with E-state index in [2.05, 4.69) is 46.8 Å². The molecule has 0 spiro atoms. The topological polar surface area (TPSA) is 15.3 Å². The van der Waals surface area contributed by atoms with Crippen molar-refractivity contribution in [2.45, 2.75) is 45.2 Å². The highest BCUT2D eigenvalue weighted by Gasteiger charge is 2.23. The third kappa shape index (κ3) is 3.41. The maximum atomic E-state index is 3.82. The minimum absolute atomic E-state index is 0.649. The molecular weight excluding hydrogens is 228 g/mol. The number of piperidine rings is 1. The van der Waals surface area contributed by atoms with Crippen LogP contribution in [0.5, 0.6) is 0 Å². The molecule has 0 aliphatic carbocycles. The van der Waals surface area contributed by atoms with Crippen molar-refractivity contribution < 1.29 is 0 Å². The first kappa shape index (κ1) is 11.2. The Morgan fingerprint density at radius 3 is 2.46 bits per heavy atom. The lowest BCUT2D eigenvalue weighted by Gasteiger charge is -2.39. The maximum Gasteiger partial charge on any atom is 0.0413 e. The highest BCUT2D eigenvalue weighted by atomic mass is 79.9. The zero-order chi connectivity index (χ0) is 9.84. The van der Waals surface area contributed by atoms with Gasteiger partial charge >= 0.3 is 0 Å². The maximum absolute atomic E-state index is 3.82. The standard InChI is InChI=1S/C10H19BrN2/c1-8(11)7-12-13-9(2)5-4-6-10(13)3/h9-10,12H,1,4-7H2,2-3H3. The molecule has 0 aromatic carbocycles. The van der Waals surface area contributed by atoms with Gasteiger partial charge in [0.05, 0.1) is 0 Å². The Hall–Kier alpha value is 0.140. The third-order valence-electron chi connectivity index (χ3n) is 2.65. The first-order valence-corrected chi connectivity index (χ1v) is 5.75. The van der Waals surface area contributed by atoms with E-state index in [-0.39, 0.29) is 0 Å². The largest absolute Gasteiger partial charge is 0.250 e. The molecule has 1 saturated heterocycles. The summed E-state index contributed by atoms with van der Waals surface area (Å²) in [4.78, 5) is 0. The zero-order valence-corrected chi connectivity index (χ0v) is 10.1. The van der Waals surface area contributed by atoms with E-state index in [4.69, 9.17) is 0 Å². The number of rotatable bonds is 3. The monoisotopic (exact) mass is 246 g/mol. The lowest BCUT2D eigenvalue weighted by atomic mass is 10.00. The van der Waals surface area contributed by atoms with Crippen molar-refractivity contribution >= 4 is 15.9 Å². The number of nitrogens with zero attached hydrogens (tertiary/aromatic N) is 1. The number of halogens is 1. The van der Waals surface area contributed by atoms with Crippen LogP contribution < -0.4 is 5.43 Å². The second kappa shape index (κ2) is 5.13. The van der Waals surface area contributed by atoms with Gasteiger partial charge in [0.2, 0.25) is 0 Å². The predicted molar refractivity (Wildman–Crippen MR) is 60.7 cm³/mol. The Labute approximate surface area is 89.5 Å². The van der Waals surface area contributed by atoms with Crippen LogP contribution in [0.4, 0.5) is 0 Å². The van der Waals surface area contributed by atoms with Crippen molar-refractivity contribution in [2.24, 2.45) is 0 Å². The molecular formula is C10H19BrN2. The van der Waals surface area contributed by atoms with Gasteiger partial charge in [-0.15, -0.1) is 0 Å². The van der Waals surface area contributed by atoms with Crippen molar-refractivity contribution in [1.29, 1.82) is 0 Å². The molecule has 0 aromatic heterocycles. The van der Waals surface area contributed by atoms with Gasteiger partial charge in [-0.05, 0) is 26.7 Å². The second-order valence-electron chi connectivity index (χ2n) is 3.89. The van der Waals surface area contributed by atoms with Crippen LogP contribution in [-0.4, -0.2) is 23.6 Å². The normalized spacial score (nSPS) is 30.4. The molecule has 2 atom stereocenters. The van der Waals surface area contributed by atoms with Crippen LogP contribution in [0, 0.1) is 0 Å². The summed E-state index contributed by atoms with van der Waals surface area (Å²) in [5.41, 5.74) is 3.41. The fourth-order valence-corrected chi connectivity index (χ4v) is 2.04. The van der Waals surface area contributed by atoms with E-state index in [0.717, 1.165) is 11.0 Å². The van der Waals surface area contributed by atoms with Gasteiger partial charge in [-0.2, -0.15) is 0 Å². The summed E-state index contributed by atoms with van der Waals surface area (Å²) in [6.07, 6.45) is 3.95. The molecule has 1 N–H and O–H groups in total. The van der Waals surface area contributed by atoms with Crippen LogP contribution in [0.15, 0.2) is 11.1 Å². The van der Waals surface area contributed by atoms with Gasteiger partial charge in [0, 0.05) is 23.1 Å². The first-order chi connectivity index (χ1) is 6.11. The summed E-state index contributed by atoms with van der Waals surface area (Å²) in [5.74, 6) is 0. The fourth-order valence-electron chi connectivity index (χ4n) is 1.91. The quantitative estimate of drug-likeness (QED) is 0.824. The van der Waals surface area contributed by atoms with Gasteiger partial charge in [-0.3, -0.25) is 0 Å². The molecule has 1 aliphatic heterocycles. The van der Waals surface area contributed by atoms with Crippen LogP contribution in [0.25, 0.3) is 0 Å². The summed E-state index contributed by atoms with van der Waals surface area (Å²) in [7, 11) is 0. The molecule has 0 bridgehead atoms. The number of hydrazine groups is 1. The molecule has 1 heterocycles. The highest BCUT2D eigenvalue weighted by molar-refractivity contribution is 9.11. The van der Waals surface area contributed by atoms with Crippen molar-refractivity contribution in [2.75, 3.05) is 6.54 Å². The van der Waals surface area contributed by atoms with Gasteiger partial charge in [-0.25, -0.2) is 10.4 Å². The number of hydrogen-bond donors (Lipinski definition) is 1. The summed E-state index contributed by atoms with van der Waals surface area (Å²) >= 11 is 3.36. The van der Waals surface area contributed by atoms with Crippen LogP contribution in [-0.2, 0) is 0 Å². The fraction of sp³-hybridized carbons (Fsp3) is 0.800. The Bertz CT molecular complexity index is 172. The van der Waals surface area contributed by atoms with Crippen molar-refractivity contribution in [3.8, 4) is 0 Å². The molecule has 1 fully saturated rings. The van der Waals surface area contributed by atoms with Crippen molar-refractivity contribution in [1.82, 2.24) is 10.4 Å². The third-order valence-corrected chi connectivity index (χ3v) is 2.93. The molecule has 2 unspecified atom stereocenters. The molecule has 3 heteroatoms. The minimum atomic E-state index is 0.649. The summed E-state index contributed by atoms with van der Waals surface area (Å²) in [6.45, 7) is 9.20. The molecule has 2 nitrogen and oxygen atoms in total. The first-order valence-electron chi connectivity index (χ1n) is 4.96. The lowest BCUT2D eigenvalue weighted by molar-refractivity contribution is 0.0511. The van der Waals surface area contributed by atoms with Crippen LogP contribution in [0.1, 0.15) is 33.1 Å². The minimum Gasteiger partial charge on any atom is -0.250 e. The van der Waals surface area contributed by atoms with E-state index in [1.54, 1.807) is 0 Å². The molecule has 1 aliphatic rings. The SMILES string of the molecule is C=C(Br)CNN1C(C)CCCC1C. The molecule has 76 valence electrons. The molecule has 0 radical (unpaired) electrons. The van der Waals surface area contributed by atoms with E-state index in [1.807, 2.05) is 0 Å². The molecule has 13 heavy (non-hydrogen) atoms. The number of nitrogens with one attached hydrogen (secondary N) is 1. The predicted octanol–water partition coefficient (Wildman–Crippen LogP) is 2.66. The van der Waals surface area contributed by atoms with E-state index in [1.165, 1.54) is 19.3 Å². The van der Waals surface area contributed by atoms with Gasteiger partial charge in [-0.1, -0.05) is 28.9 Å². The Morgan fingerprint density at radius 1 is 1.46 bits per heavy atom. The van der Waals surface area contributed by atoms with Crippen molar-refractivity contribution in [3.05, 3.63) is 11.1 Å². The summed E-state index contributed by atoms with van der Waals surface area (Å²) in [5, 5.41) is 2.36. The molecule has 1 rings (SSSR count). The van der Waals surface area contributed by atoms with Crippen molar-refractivity contribution in [3.63, 3.8) is 0 Å². The van der Waals surface area contributed by atoms with Crippen LogP contribution in [0.2, 0.25) is 0 Å². The van der Waals surface area contributed by atoms with Gasteiger partial charge < -0.3 is 0 Å². The molecule has 0 saturated carbocycles. The van der Waals surface area contributed by atoms with Gasteiger partial charge in [0.25, 0.3) is 0 Å². The van der Waals surface area contributed by atoms with E-state index >= 15 is 0 Å². The van der Waals surface area contributed by atoms with Gasteiger partial charge in [0.1, 0.15) is 0 Å². The second-order valence-corrected chi connectivity index (χ2v) is 5.01. The Balaban J connectivity index is 2.39. The van der Waals surface area contributed by atoms with E-state index < -0.39 is 0 Å². The summed E-state index contributed by atoms with van der Waals surface area (Å²) < 4.78 is 1.01. The molecule has 0 amide bonds. The Kier molecular flexibility index (Phi) is 4.42. The average Bonchev–Trinajstić information content (AvgIpc) is 2.03. The van der Waals surface area contributed by atoms with Crippen LogP contribution >= 0.6 is 15.9 Å². The smallest absolute Gasteiger partial charge is 0.0413 e. The average molecular weight is 247 g/mol. The number of hydrogen-bond acceptors (Lipinski definition) is 2. The molecule has 0 aromatic rings. The summed E-state index contributed by atoms with van der Waals surface area (Å²) in [6, 6.07) is 1.30. The zero-order valence-electron chi connectivity index (χ0n) is 8.52. The van der Waals surface area contributed by atoms with Gasteiger partial charge in [0.15, 0.2) is 0 Å². The van der Waals surface area contributed by atoms with Crippen LogP contribution in [0.3, 0.4) is 0 Å². The van der Waals surface area contributed by atoms with E-state index in [0.29, 0.717) is 12.1 Å². The van der Waals surface area contributed by atoms with E-state index in [9.17, 15) is 0 Å². The highest BCUT2D eigenvalue weighted by Crippen LogP contribution is 2.20. The lowest BCUT2D eigenvalue weighted by Crippen LogP contribution is -2.52. The Morgan fingerprint density at radius 2 is 2.00 bits per heavy atom.